The molecule has 1 aromatic heterocycles. The Bertz CT molecular complexity index is 567. The highest BCUT2D eigenvalue weighted by Crippen LogP contribution is 2.31. The average Bonchev–Trinajstić information content (AvgIpc) is 2.71. The van der Waals surface area contributed by atoms with Gasteiger partial charge in [-0.3, -0.25) is 0 Å². The van der Waals surface area contributed by atoms with Crippen LogP contribution in [-0.4, -0.2) is 16.1 Å². The number of carbonyl (C=O) groups is 1. The summed E-state index contributed by atoms with van der Waals surface area (Å²) in [6, 6.07) is 5.26. The lowest BCUT2D eigenvalue weighted by molar-refractivity contribution is 0.0690. The summed E-state index contributed by atoms with van der Waals surface area (Å²) >= 11 is 6.60. The van der Waals surface area contributed by atoms with Crippen molar-refractivity contribution in [1.29, 1.82) is 0 Å². The molecule has 0 aliphatic heterocycles. The van der Waals surface area contributed by atoms with E-state index in [-0.39, 0.29) is 11.8 Å². The fourth-order valence-electron chi connectivity index (χ4n) is 1.05. The van der Waals surface area contributed by atoms with Gasteiger partial charge < -0.3 is 14.3 Å². The predicted octanol–water partition coefficient (Wildman–Crippen LogP) is 3.69. The Kier molecular flexibility index (Phi) is 3.49. The second-order valence-electron chi connectivity index (χ2n) is 2.98. The van der Waals surface area contributed by atoms with E-state index in [4.69, 9.17) is 14.3 Å². The molecule has 17 heavy (non-hydrogen) atoms. The van der Waals surface area contributed by atoms with Crippen LogP contribution in [-0.2, 0) is 0 Å². The third kappa shape index (κ3) is 2.86. The standard InChI is InChI=1S/C10H5Br2NO4/c11-5-1-2-8(6(12)3-5)17-10-13-7(4-16-10)9(14)15/h1-4H,(H,14,15). The molecule has 0 aliphatic carbocycles. The molecule has 0 saturated carbocycles. The van der Waals surface area contributed by atoms with E-state index in [1.54, 1.807) is 18.2 Å². The quantitative estimate of drug-likeness (QED) is 0.901. The first kappa shape index (κ1) is 12.1. The summed E-state index contributed by atoms with van der Waals surface area (Å²) in [5, 5.41) is 8.66. The number of carboxylic acid groups (broad SMARTS) is 1. The Morgan fingerprint density at radius 2 is 2.18 bits per heavy atom. The van der Waals surface area contributed by atoms with Crippen LogP contribution in [0.1, 0.15) is 10.5 Å². The monoisotopic (exact) mass is 361 g/mol. The topological polar surface area (TPSA) is 72.6 Å². The molecule has 0 aliphatic rings. The highest BCUT2D eigenvalue weighted by molar-refractivity contribution is 9.11. The summed E-state index contributed by atoms with van der Waals surface area (Å²) in [4.78, 5) is 14.2. The molecule has 0 saturated heterocycles. The molecule has 0 spiro atoms. The van der Waals surface area contributed by atoms with E-state index in [1.165, 1.54) is 0 Å². The van der Waals surface area contributed by atoms with Crippen molar-refractivity contribution in [3.8, 4) is 11.8 Å². The average molecular weight is 363 g/mol. The van der Waals surface area contributed by atoms with Crippen molar-refractivity contribution in [3.05, 3.63) is 39.1 Å². The number of ether oxygens (including phenoxy) is 1. The highest BCUT2D eigenvalue weighted by Gasteiger charge is 2.13. The number of benzene rings is 1. The van der Waals surface area contributed by atoms with E-state index in [1.807, 2.05) is 0 Å². The number of nitrogens with zero attached hydrogens (tertiary/aromatic N) is 1. The summed E-state index contributed by atoms with van der Waals surface area (Å²) in [6.07, 6.45) is 0.898. The van der Waals surface area contributed by atoms with E-state index >= 15 is 0 Å². The molecule has 0 amide bonds. The molecule has 7 heteroatoms. The molecule has 0 fully saturated rings. The fraction of sp³-hybridized carbons (Fsp3) is 0. The zero-order chi connectivity index (χ0) is 12.4. The van der Waals surface area contributed by atoms with E-state index in [0.29, 0.717) is 10.2 Å². The molecule has 5 nitrogen and oxygen atoms in total. The molecule has 0 bridgehead atoms. The van der Waals surface area contributed by atoms with Crippen molar-refractivity contribution in [2.24, 2.45) is 0 Å². The van der Waals surface area contributed by atoms with Crippen molar-refractivity contribution in [3.63, 3.8) is 0 Å². The Hall–Kier alpha value is -1.34. The number of hydrogen-bond donors (Lipinski definition) is 1. The van der Waals surface area contributed by atoms with Crippen LogP contribution in [0.25, 0.3) is 0 Å². The van der Waals surface area contributed by atoms with Gasteiger partial charge in [-0.1, -0.05) is 15.9 Å². The molecule has 1 aromatic carbocycles. The van der Waals surface area contributed by atoms with E-state index in [0.717, 1.165) is 10.7 Å². The summed E-state index contributed by atoms with van der Waals surface area (Å²) in [6.45, 7) is 0. The third-order valence-corrected chi connectivity index (χ3v) is 2.91. The maximum Gasteiger partial charge on any atom is 0.399 e. The van der Waals surface area contributed by atoms with Gasteiger partial charge in [-0.15, -0.1) is 0 Å². The number of aromatic nitrogens is 1. The summed E-state index contributed by atoms with van der Waals surface area (Å²) in [5.41, 5.74) is -0.201. The largest absolute Gasteiger partial charge is 0.476 e. The van der Waals surface area contributed by atoms with Gasteiger partial charge in [0.05, 0.1) is 4.47 Å². The minimum atomic E-state index is -1.17. The second-order valence-corrected chi connectivity index (χ2v) is 4.75. The smallest absolute Gasteiger partial charge is 0.399 e. The van der Waals surface area contributed by atoms with Gasteiger partial charge in [-0.2, -0.15) is 4.98 Å². The molecule has 1 N–H and O–H groups in total. The Labute approximate surface area is 113 Å². The van der Waals surface area contributed by atoms with Crippen LogP contribution in [0.4, 0.5) is 0 Å². The highest BCUT2D eigenvalue weighted by atomic mass is 79.9. The molecule has 2 rings (SSSR count). The zero-order valence-electron chi connectivity index (χ0n) is 8.18. The van der Waals surface area contributed by atoms with Crippen LogP contribution in [0.3, 0.4) is 0 Å². The van der Waals surface area contributed by atoms with Crippen LogP contribution in [0.15, 0.2) is 37.8 Å². The van der Waals surface area contributed by atoms with Gasteiger partial charge >= 0.3 is 12.0 Å². The third-order valence-electron chi connectivity index (χ3n) is 1.79. The van der Waals surface area contributed by atoms with Gasteiger partial charge in [-0.25, -0.2) is 4.79 Å². The summed E-state index contributed by atoms with van der Waals surface area (Å²) < 4.78 is 11.7. The zero-order valence-corrected chi connectivity index (χ0v) is 11.4. The van der Waals surface area contributed by atoms with Gasteiger partial charge in [0.15, 0.2) is 5.69 Å². The number of halogens is 2. The van der Waals surface area contributed by atoms with Crippen LogP contribution in [0, 0.1) is 0 Å². The molecular formula is C10H5Br2NO4. The molecule has 0 radical (unpaired) electrons. The van der Waals surface area contributed by atoms with Crippen LogP contribution < -0.4 is 4.74 Å². The van der Waals surface area contributed by atoms with Crippen molar-refractivity contribution in [1.82, 2.24) is 4.98 Å². The lowest BCUT2D eigenvalue weighted by Crippen LogP contribution is -1.95. The molecule has 88 valence electrons. The van der Waals surface area contributed by atoms with Crippen LogP contribution >= 0.6 is 31.9 Å². The lowest BCUT2D eigenvalue weighted by Gasteiger charge is -2.03. The SMILES string of the molecule is O=C(O)c1coc(Oc2ccc(Br)cc2Br)n1. The molecular weight excluding hydrogens is 358 g/mol. The first-order valence-corrected chi connectivity index (χ1v) is 5.96. The van der Waals surface area contributed by atoms with E-state index < -0.39 is 5.97 Å². The van der Waals surface area contributed by atoms with Gasteiger partial charge in [-0.05, 0) is 34.1 Å². The second kappa shape index (κ2) is 4.89. The minimum absolute atomic E-state index is 0.120. The van der Waals surface area contributed by atoms with Crippen LogP contribution in [0.5, 0.6) is 11.8 Å². The Morgan fingerprint density at radius 3 is 2.76 bits per heavy atom. The number of rotatable bonds is 3. The molecule has 2 aromatic rings. The van der Waals surface area contributed by atoms with Crippen molar-refractivity contribution < 1.29 is 19.1 Å². The fourth-order valence-corrected chi connectivity index (χ4v) is 2.18. The van der Waals surface area contributed by atoms with Crippen molar-refractivity contribution in [2.45, 2.75) is 0 Å². The lowest BCUT2D eigenvalue weighted by atomic mass is 10.3. The first-order valence-electron chi connectivity index (χ1n) is 4.38. The predicted molar refractivity (Wildman–Crippen MR) is 65.4 cm³/mol. The normalized spacial score (nSPS) is 10.2. The number of oxazole rings is 1. The number of aromatic carboxylic acids is 1. The summed E-state index contributed by atoms with van der Waals surface area (Å²) in [7, 11) is 0. The maximum absolute atomic E-state index is 10.6. The molecule has 1 heterocycles. The first-order chi connectivity index (χ1) is 8.06. The molecule has 0 atom stereocenters. The Morgan fingerprint density at radius 1 is 1.41 bits per heavy atom. The summed E-state index contributed by atoms with van der Waals surface area (Å²) in [5.74, 6) is -0.689. The Balaban J connectivity index is 2.22. The molecule has 0 unspecified atom stereocenters. The van der Waals surface area contributed by atoms with Gasteiger partial charge in [0.25, 0.3) is 0 Å². The van der Waals surface area contributed by atoms with Crippen molar-refractivity contribution in [2.75, 3.05) is 0 Å². The van der Waals surface area contributed by atoms with E-state index in [9.17, 15) is 4.79 Å². The van der Waals surface area contributed by atoms with E-state index in [2.05, 4.69) is 36.8 Å². The maximum atomic E-state index is 10.6. The van der Waals surface area contributed by atoms with Gasteiger partial charge in [0.1, 0.15) is 12.0 Å². The minimum Gasteiger partial charge on any atom is -0.476 e. The number of hydrogen-bond acceptors (Lipinski definition) is 4. The van der Waals surface area contributed by atoms with Crippen LogP contribution in [0.2, 0.25) is 0 Å². The van der Waals surface area contributed by atoms with Gasteiger partial charge in [0.2, 0.25) is 0 Å². The number of carboxylic acids is 1. The van der Waals surface area contributed by atoms with Crippen molar-refractivity contribution >= 4 is 37.8 Å². The van der Waals surface area contributed by atoms with Gasteiger partial charge in [0, 0.05) is 4.47 Å².